The van der Waals surface area contributed by atoms with Crippen LogP contribution in [0.25, 0.3) is 0 Å². The van der Waals surface area contributed by atoms with Gasteiger partial charge >= 0.3 is 0 Å². The van der Waals surface area contributed by atoms with Gasteiger partial charge in [0.05, 0.1) is 7.11 Å². The van der Waals surface area contributed by atoms with Gasteiger partial charge in [0, 0.05) is 25.2 Å². The first kappa shape index (κ1) is 20.9. The standard InChI is InChI=1S/C23H28N2O4S/c1-29-21-12-11-19(16-22(21)30(27,28)25-13-5-2-6-14-25)24-23(26)15-18-10-9-17-7-3-4-8-20(17)18/h3-4,7-8,11-12,16,18H,2,5-6,9-10,13-15H2,1H3,(H,24,26). The zero-order valence-electron chi connectivity index (χ0n) is 17.3. The summed E-state index contributed by atoms with van der Waals surface area (Å²) in [6.45, 7) is 1.03. The lowest BCUT2D eigenvalue weighted by Gasteiger charge is -2.26. The number of amides is 1. The van der Waals surface area contributed by atoms with Gasteiger partial charge in [-0.15, -0.1) is 0 Å². The molecule has 1 amide bonds. The number of nitrogens with one attached hydrogen (secondary N) is 1. The largest absolute Gasteiger partial charge is 0.495 e. The van der Waals surface area contributed by atoms with E-state index in [0.29, 0.717) is 30.9 Å². The molecular weight excluding hydrogens is 400 g/mol. The van der Waals surface area contributed by atoms with Gasteiger partial charge in [0.2, 0.25) is 15.9 Å². The normalized spacial score (nSPS) is 19.3. The van der Waals surface area contributed by atoms with E-state index in [0.717, 1.165) is 32.1 Å². The van der Waals surface area contributed by atoms with Gasteiger partial charge in [0.25, 0.3) is 0 Å². The number of carbonyl (C=O) groups is 1. The van der Waals surface area contributed by atoms with Crippen molar-refractivity contribution in [2.75, 3.05) is 25.5 Å². The number of benzene rings is 2. The molecule has 2 aromatic carbocycles. The van der Waals surface area contributed by atoms with Crippen molar-refractivity contribution < 1.29 is 17.9 Å². The zero-order valence-corrected chi connectivity index (χ0v) is 18.1. The second-order valence-electron chi connectivity index (χ2n) is 8.02. The number of ether oxygens (including phenoxy) is 1. The number of hydrogen-bond donors (Lipinski definition) is 1. The molecule has 4 rings (SSSR count). The van der Waals surface area contributed by atoms with E-state index in [4.69, 9.17) is 4.74 Å². The maximum Gasteiger partial charge on any atom is 0.246 e. The fourth-order valence-electron chi connectivity index (χ4n) is 4.49. The molecule has 1 aliphatic carbocycles. The van der Waals surface area contributed by atoms with Crippen LogP contribution in [0.1, 0.15) is 49.1 Å². The monoisotopic (exact) mass is 428 g/mol. The number of aryl methyl sites for hydroxylation is 1. The molecule has 1 heterocycles. The lowest BCUT2D eigenvalue weighted by molar-refractivity contribution is -0.116. The summed E-state index contributed by atoms with van der Waals surface area (Å²) in [5.74, 6) is 0.391. The minimum Gasteiger partial charge on any atom is -0.495 e. The quantitative estimate of drug-likeness (QED) is 0.756. The highest BCUT2D eigenvalue weighted by Crippen LogP contribution is 2.36. The molecule has 30 heavy (non-hydrogen) atoms. The summed E-state index contributed by atoms with van der Waals surface area (Å²) in [4.78, 5) is 12.8. The lowest BCUT2D eigenvalue weighted by Crippen LogP contribution is -2.35. The molecule has 1 atom stereocenters. The van der Waals surface area contributed by atoms with Crippen LogP contribution < -0.4 is 10.1 Å². The third-order valence-electron chi connectivity index (χ3n) is 6.07. The first-order chi connectivity index (χ1) is 14.5. The summed E-state index contributed by atoms with van der Waals surface area (Å²) in [6, 6.07) is 13.1. The third-order valence-corrected chi connectivity index (χ3v) is 7.99. The van der Waals surface area contributed by atoms with E-state index in [1.165, 1.54) is 28.6 Å². The van der Waals surface area contributed by atoms with E-state index in [2.05, 4.69) is 17.4 Å². The van der Waals surface area contributed by atoms with Crippen LogP contribution in [0.3, 0.4) is 0 Å². The average molecular weight is 429 g/mol. The summed E-state index contributed by atoms with van der Waals surface area (Å²) in [7, 11) is -2.21. The first-order valence-corrected chi connectivity index (χ1v) is 12.0. The second kappa shape index (κ2) is 8.78. The Morgan fingerprint density at radius 2 is 1.90 bits per heavy atom. The van der Waals surface area contributed by atoms with Crippen molar-refractivity contribution in [3.8, 4) is 5.75 Å². The minimum absolute atomic E-state index is 0.107. The summed E-state index contributed by atoms with van der Waals surface area (Å²) in [6.07, 6.45) is 5.11. The van der Waals surface area contributed by atoms with Crippen LogP contribution in [-0.2, 0) is 21.2 Å². The Balaban J connectivity index is 1.51. The van der Waals surface area contributed by atoms with Gasteiger partial charge in [0.1, 0.15) is 10.6 Å². The predicted molar refractivity (Wildman–Crippen MR) is 116 cm³/mol. The zero-order chi connectivity index (χ0) is 21.1. The van der Waals surface area contributed by atoms with Crippen LogP contribution in [0.4, 0.5) is 5.69 Å². The molecule has 1 saturated heterocycles. The van der Waals surface area contributed by atoms with Gasteiger partial charge in [-0.2, -0.15) is 4.31 Å². The van der Waals surface area contributed by atoms with Crippen molar-refractivity contribution in [1.29, 1.82) is 0 Å². The Bertz CT molecular complexity index is 1030. The smallest absolute Gasteiger partial charge is 0.246 e. The van der Waals surface area contributed by atoms with E-state index >= 15 is 0 Å². The molecule has 0 aromatic heterocycles. The highest BCUT2D eigenvalue weighted by Gasteiger charge is 2.30. The number of carbonyl (C=O) groups excluding carboxylic acids is 1. The van der Waals surface area contributed by atoms with E-state index in [1.807, 2.05) is 12.1 Å². The number of sulfonamides is 1. The van der Waals surface area contributed by atoms with Crippen LogP contribution in [0.5, 0.6) is 5.75 Å². The van der Waals surface area contributed by atoms with E-state index in [9.17, 15) is 13.2 Å². The highest BCUT2D eigenvalue weighted by atomic mass is 32.2. The summed E-state index contributed by atoms with van der Waals surface area (Å²) in [5, 5.41) is 2.89. The molecule has 2 aliphatic rings. The molecule has 1 unspecified atom stereocenters. The molecule has 160 valence electrons. The highest BCUT2D eigenvalue weighted by molar-refractivity contribution is 7.89. The van der Waals surface area contributed by atoms with Crippen molar-refractivity contribution in [2.24, 2.45) is 0 Å². The Labute approximate surface area is 178 Å². The summed E-state index contributed by atoms with van der Waals surface area (Å²) < 4.78 is 33.1. The van der Waals surface area contributed by atoms with Crippen molar-refractivity contribution in [1.82, 2.24) is 4.31 Å². The predicted octanol–water partition coefficient (Wildman–Crippen LogP) is 3.93. The van der Waals surface area contributed by atoms with Crippen LogP contribution in [0.2, 0.25) is 0 Å². The molecule has 1 N–H and O–H groups in total. The van der Waals surface area contributed by atoms with Gasteiger partial charge < -0.3 is 10.1 Å². The topological polar surface area (TPSA) is 75.7 Å². The fraction of sp³-hybridized carbons (Fsp3) is 0.435. The third kappa shape index (κ3) is 4.23. The van der Waals surface area contributed by atoms with Crippen LogP contribution in [0.15, 0.2) is 47.4 Å². The number of methoxy groups -OCH3 is 1. The second-order valence-corrected chi connectivity index (χ2v) is 9.92. The first-order valence-electron chi connectivity index (χ1n) is 10.5. The lowest BCUT2D eigenvalue weighted by atomic mass is 9.97. The Kier molecular flexibility index (Phi) is 6.11. The Morgan fingerprint density at radius 1 is 1.13 bits per heavy atom. The van der Waals surface area contributed by atoms with Crippen molar-refractivity contribution >= 4 is 21.6 Å². The molecular formula is C23H28N2O4S. The van der Waals surface area contributed by atoms with Gasteiger partial charge in [-0.05, 0) is 60.9 Å². The number of fused-ring (bicyclic) bond motifs is 1. The van der Waals surface area contributed by atoms with Crippen molar-refractivity contribution in [2.45, 2.75) is 49.3 Å². The molecule has 0 spiro atoms. The molecule has 1 fully saturated rings. The van der Waals surface area contributed by atoms with Crippen LogP contribution >= 0.6 is 0 Å². The maximum atomic E-state index is 13.2. The summed E-state index contributed by atoms with van der Waals surface area (Å²) >= 11 is 0. The number of hydrogen-bond acceptors (Lipinski definition) is 4. The molecule has 7 heteroatoms. The number of piperidine rings is 1. The van der Waals surface area contributed by atoms with Crippen molar-refractivity contribution in [3.63, 3.8) is 0 Å². The van der Waals surface area contributed by atoms with Crippen molar-refractivity contribution in [3.05, 3.63) is 53.6 Å². The Morgan fingerprint density at radius 3 is 2.67 bits per heavy atom. The molecule has 6 nitrogen and oxygen atoms in total. The van der Waals surface area contributed by atoms with Gasteiger partial charge in [-0.1, -0.05) is 30.7 Å². The van der Waals surface area contributed by atoms with E-state index in [1.54, 1.807) is 12.1 Å². The van der Waals surface area contributed by atoms with Crippen LogP contribution in [-0.4, -0.2) is 38.8 Å². The van der Waals surface area contributed by atoms with Gasteiger partial charge in [-0.3, -0.25) is 4.79 Å². The molecule has 0 bridgehead atoms. The maximum absolute atomic E-state index is 13.2. The SMILES string of the molecule is COc1ccc(NC(=O)CC2CCc3ccccc32)cc1S(=O)(=O)N1CCCCC1. The van der Waals surface area contributed by atoms with E-state index in [-0.39, 0.29) is 16.7 Å². The summed E-state index contributed by atoms with van der Waals surface area (Å²) in [5.41, 5.74) is 3.04. The molecule has 1 aliphatic heterocycles. The molecule has 0 radical (unpaired) electrons. The van der Waals surface area contributed by atoms with Gasteiger partial charge in [-0.25, -0.2) is 8.42 Å². The van der Waals surface area contributed by atoms with E-state index < -0.39 is 10.0 Å². The minimum atomic E-state index is -3.67. The fourth-order valence-corrected chi connectivity index (χ4v) is 6.19. The average Bonchev–Trinajstić information content (AvgIpc) is 3.17. The molecule has 2 aromatic rings. The number of nitrogens with zero attached hydrogens (tertiary/aromatic N) is 1. The Hall–Kier alpha value is -2.38. The number of rotatable bonds is 6. The van der Waals surface area contributed by atoms with Gasteiger partial charge in [0.15, 0.2) is 0 Å². The number of anilines is 1. The van der Waals surface area contributed by atoms with Crippen LogP contribution in [0, 0.1) is 0 Å². The molecule has 0 saturated carbocycles.